The van der Waals surface area contributed by atoms with E-state index < -0.39 is 28.8 Å². The Hall–Kier alpha value is -1.90. The zero-order valence-electron chi connectivity index (χ0n) is 24.6. The van der Waals surface area contributed by atoms with E-state index in [1.54, 1.807) is 6.92 Å². The Morgan fingerprint density at radius 1 is 1.10 bits per heavy atom. The fraction of sp³-hybridized carbons (Fsp3) is 0.774. The normalized spacial score (nSPS) is 23.1. The molecular weight excluding hydrogens is 532 g/mol. The number of carbonyl (C=O) groups is 2. The number of hydrogen-bond acceptors (Lipinski definition) is 7. The van der Waals surface area contributed by atoms with Gasteiger partial charge in [-0.3, -0.25) is 14.9 Å². The van der Waals surface area contributed by atoms with Crippen LogP contribution in [-0.2, 0) is 20.8 Å². The predicted octanol–water partition coefficient (Wildman–Crippen LogP) is 6.00. The Morgan fingerprint density at radius 2 is 1.77 bits per heavy atom. The van der Waals surface area contributed by atoms with Crippen LogP contribution in [0.15, 0.2) is 17.1 Å². The van der Waals surface area contributed by atoms with E-state index in [1.165, 1.54) is 48.9 Å². The van der Waals surface area contributed by atoms with Gasteiger partial charge in [-0.05, 0) is 32.6 Å². The van der Waals surface area contributed by atoms with E-state index >= 15 is 0 Å². The molecule has 0 aromatic carbocycles. The standard InChI is InChI=1S/C31H49ClN2O6/c1-4-6-7-8-9-10-12-15-23(3)27(36)40-29-30(16-13-11-14-17-30)31(38,18-19-33-29)22-34-21-24(28(37)39-5-2)25(32)20-26(34)35/h20-21,23,29,33,38H,4-19,22H2,1-3H3. The maximum absolute atomic E-state index is 13.2. The first kappa shape index (κ1) is 32.6. The van der Waals surface area contributed by atoms with Crippen molar-refractivity contribution < 1.29 is 24.2 Å². The number of unbranched alkanes of at least 4 members (excludes halogenated alkanes) is 6. The number of aromatic nitrogens is 1. The molecule has 2 heterocycles. The minimum atomic E-state index is -1.32. The molecule has 1 aromatic heterocycles. The summed E-state index contributed by atoms with van der Waals surface area (Å²) in [7, 11) is 0. The Kier molecular flexibility index (Phi) is 12.5. The fourth-order valence-corrected chi connectivity index (χ4v) is 6.69. The highest BCUT2D eigenvalue weighted by atomic mass is 35.5. The maximum atomic E-state index is 13.2. The molecule has 2 N–H and O–H groups in total. The van der Waals surface area contributed by atoms with Crippen LogP contribution >= 0.6 is 11.6 Å². The summed E-state index contributed by atoms with van der Waals surface area (Å²) in [6.45, 7) is 6.42. The lowest BCUT2D eigenvalue weighted by molar-refractivity contribution is -0.218. The minimum Gasteiger partial charge on any atom is -0.462 e. The molecule has 226 valence electrons. The van der Waals surface area contributed by atoms with Crippen molar-refractivity contribution in [1.29, 1.82) is 0 Å². The maximum Gasteiger partial charge on any atom is 0.341 e. The second kappa shape index (κ2) is 15.4. The summed E-state index contributed by atoms with van der Waals surface area (Å²) in [5.74, 6) is -1.09. The highest BCUT2D eigenvalue weighted by molar-refractivity contribution is 6.33. The average molecular weight is 581 g/mol. The molecule has 3 rings (SSSR count). The number of ether oxygens (including phenoxy) is 2. The third kappa shape index (κ3) is 7.89. The number of nitrogens with one attached hydrogen (secondary N) is 1. The van der Waals surface area contributed by atoms with Crippen LogP contribution in [0.2, 0.25) is 5.02 Å². The molecule has 3 unspecified atom stereocenters. The zero-order valence-corrected chi connectivity index (χ0v) is 25.4. The van der Waals surface area contributed by atoms with Gasteiger partial charge in [-0.15, -0.1) is 0 Å². The highest BCUT2D eigenvalue weighted by Crippen LogP contribution is 2.52. The van der Waals surface area contributed by atoms with Gasteiger partial charge in [0.2, 0.25) is 0 Å². The van der Waals surface area contributed by atoms with Crippen LogP contribution in [0.1, 0.15) is 121 Å². The van der Waals surface area contributed by atoms with Gasteiger partial charge in [0.05, 0.1) is 40.7 Å². The van der Waals surface area contributed by atoms with Gasteiger partial charge < -0.3 is 19.1 Å². The summed E-state index contributed by atoms with van der Waals surface area (Å²) in [4.78, 5) is 38.6. The number of rotatable bonds is 14. The lowest BCUT2D eigenvalue weighted by Crippen LogP contribution is -2.68. The van der Waals surface area contributed by atoms with Crippen LogP contribution < -0.4 is 10.9 Å². The van der Waals surface area contributed by atoms with Crippen LogP contribution in [0.4, 0.5) is 0 Å². The van der Waals surface area contributed by atoms with Gasteiger partial charge >= 0.3 is 11.9 Å². The summed E-state index contributed by atoms with van der Waals surface area (Å²) < 4.78 is 12.6. The zero-order chi connectivity index (χ0) is 29.2. The molecule has 9 heteroatoms. The molecule has 40 heavy (non-hydrogen) atoms. The number of esters is 2. The van der Waals surface area contributed by atoms with E-state index in [9.17, 15) is 19.5 Å². The minimum absolute atomic E-state index is 0.0196. The molecule has 0 radical (unpaired) electrons. The molecule has 0 bridgehead atoms. The van der Waals surface area contributed by atoms with Crippen molar-refractivity contribution in [2.45, 2.75) is 129 Å². The summed E-state index contributed by atoms with van der Waals surface area (Å²) >= 11 is 6.19. The molecular formula is C31H49ClN2O6. The Bertz CT molecular complexity index is 1040. The molecule has 0 amide bonds. The van der Waals surface area contributed by atoms with Gasteiger partial charge in [0.1, 0.15) is 0 Å². The SMILES string of the molecule is CCCCCCCCCC(C)C(=O)OC1NCCC(O)(Cn2cc(C(=O)OCC)c(Cl)cc2=O)C12CCCCC2. The average Bonchev–Trinajstić information content (AvgIpc) is 2.93. The second-order valence-electron chi connectivity index (χ2n) is 11.8. The summed E-state index contributed by atoms with van der Waals surface area (Å²) in [5.41, 5.74) is -2.40. The van der Waals surface area contributed by atoms with Crippen molar-refractivity contribution in [3.05, 3.63) is 33.2 Å². The van der Waals surface area contributed by atoms with Gasteiger partial charge in [-0.2, -0.15) is 0 Å². The molecule has 2 fully saturated rings. The molecule has 1 aromatic rings. The molecule has 1 aliphatic heterocycles. The lowest BCUT2D eigenvalue weighted by Gasteiger charge is -2.56. The molecule has 2 aliphatic rings. The number of carbonyl (C=O) groups excluding carboxylic acids is 2. The monoisotopic (exact) mass is 580 g/mol. The van der Waals surface area contributed by atoms with Crippen molar-refractivity contribution in [2.24, 2.45) is 11.3 Å². The van der Waals surface area contributed by atoms with Gasteiger partial charge in [-0.25, -0.2) is 4.79 Å². The van der Waals surface area contributed by atoms with Crippen LogP contribution in [0, 0.1) is 11.3 Å². The van der Waals surface area contributed by atoms with Crippen molar-refractivity contribution in [2.75, 3.05) is 13.2 Å². The first-order valence-electron chi connectivity index (χ1n) is 15.4. The third-order valence-electron chi connectivity index (χ3n) is 8.92. The van der Waals surface area contributed by atoms with E-state index in [0.717, 1.165) is 38.5 Å². The number of aliphatic hydroxyl groups is 1. The van der Waals surface area contributed by atoms with Crippen LogP contribution in [-0.4, -0.2) is 46.6 Å². The van der Waals surface area contributed by atoms with E-state index in [-0.39, 0.29) is 35.6 Å². The number of pyridine rings is 1. The van der Waals surface area contributed by atoms with Crippen molar-refractivity contribution >= 4 is 23.5 Å². The van der Waals surface area contributed by atoms with E-state index in [0.29, 0.717) is 25.8 Å². The van der Waals surface area contributed by atoms with Crippen LogP contribution in [0.25, 0.3) is 0 Å². The first-order chi connectivity index (χ1) is 19.2. The predicted molar refractivity (Wildman–Crippen MR) is 156 cm³/mol. The van der Waals surface area contributed by atoms with Crippen molar-refractivity contribution in [1.82, 2.24) is 9.88 Å². The molecule has 1 saturated carbocycles. The van der Waals surface area contributed by atoms with Crippen LogP contribution in [0.3, 0.4) is 0 Å². The molecule has 8 nitrogen and oxygen atoms in total. The Labute approximate surface area is 244 Å². The number of hydrogen-bond donors (Lipinski definition) is 2. The molecule has 3 atom stereocenters. The third-order valence-corrected chi connectivity index (χ3v) is 9.24. The number of halogens is 1. The van der Waals surface area contributed by atoms with Gasteiger partial charge in [-0.1, -0.05) is 89.7 Å². The largest absolute Gasteiger partial charge is 0.462 e. The number of nitrogens with zero attached hydrogens (tertiary/aromatic N) is 1. The first-order valence-corrected chi connectivity index (χ1v) is 15.8. The van der Waals surface area contributed by atoms with Crippen molar-refractivity contribution in [3.63, 3.8) is 0 Å². The van der Waals surface area contributed by atoms with E-state index in [2.05, 4.69) is 12.2 Å². The molecule has 1 spiro atoms. The lowest BCUT2D eigenvalue weighted by atomic mass is 9.59. The Morgan fingerprint density at radius 3 is 2.45 bits per heavy atom. The van der Waals surface area contributed by atoms with Crippen LogP contribution in [0.5, 0.6) is 0 Å². The number of piperidine rings is 1. The van der Waals surface area contributed by atoms with E-state index in [1.807, 2.05) is 6.92 Å². The topological polar surface area (TPSA) is 107 Å². The summed E-state index contributed by atoms with van der Waals surface area (Å²) in [6, 6.07) is 1.19. The summed E-state index contributed by atoms with van der Waals surface area (Å²) in [5, 5.41) is 15.7. The second-order valence-corrected chi connectivity index (χ2v) is 12.2. The fourth-order valence-electron chi connectivity index (χ4n) is 6.47. The van der Waals surface area contributed by atoms with Gasteiger partial charge in [0.15, 0.2) is 6.23 Å². The molecule has 1 aliphatic carbocycles. The van der Waals surface area contributed by atoms with Gasteiger partial charge in [0.25, 0.3) is 5.56 Å². The highest BCUT2D eigenvalue weighted by Gasteiger charge is 2.59. The van der Waals surface area contributed by atoms with E-state index in [4.69, 9.17) is 21.1 Å². The van der Waals surface area contributed by atoms with Crippen molar-refractivity contribution in [3.8, 4) is 0 Å². The molecule has 1 saturated heterocycles. The Balaban J connectivity index is 1.75. The quantitative estimate of drug-likeness (QED) is 0.205. The smallest absolute Gasteiger partial charge is 0.341 e. The summed E-state index contributed by atoms with van der Waals surface area (Å²) in [6.07, 6.45) is 14.4. The van der Waals surface area contributed by atoms with Gasteiger partial charge in [0, 0.05) is 18.8 Å².